The molecule has 160 valence electrons. The normalized spacial score (nSPS) is 12.4. The summed E-state index contributed by atoms with van der Waals surface area (Å²) in [6, 6.07) is 11.5. The molecule has 0 bridgehead atoms. The van der Waals surface area contributed by atoms with E-state index in [1.807, 2.05) is 24.3 Å². The van der Waals surface area contributed by atoms with Crippen LogP contribution < -0.4 is 0 Å². The summed E-state index contributed by atoms with van der Waals surface area (Å²) < 4.78 is 29.6. The minimum atomic E-state index is -1.35. The number of carbonyl (C=O) groups is 1. The first-order valence-electron chi connectivity index (χ1n) is 9.14. The number of halogens is 4. The Balaban J connectivity index is 1.91. The molecule has 2 aromatic heterocycles. The highest BCUT2D eigenvalue weighted by Gasteiger charge is 2.25. The van der Waals surface area contributed by atoms with Gasteiger partial charge in [0.2, 0.25) is 0 Å². The molecule has 0 fully saturated rings. The van der Waals surface area contributed by atoms with Crippen LogP contribution in [0.4, 0.5) is 8.78 Å². The van der Waals surface area contributed by atoms with E-state index >= 15 is 0 Å². The summed E-state index contributed by atoms with van der Waals surface area (Å²) in [4.78, 5) is 15.3. The topological polar surface area (TPSA) is 70.9 Å². The van der Waals surface area contributed by atoms with Crippen molar-refractivity contribution in [2.24, 2.45) is 0 Å². The van der Waals surface area contributed by atoms with Crippen LogP contribution in [0.3, 0.4) is 0 Å². The number of para-hydroxylation sites is 1. The van der Waals surface area contributed by atoms with Crippen LogP contribution in [-0.2, 0) is 6.54 Å². The van der Waals surface area contributed by atoms with Gasteiger partial charge in [-0.3, -0.25) is 0 Å². The van der Waals surface area contributed by atoms with Crippen LogP contribution in [0.2, 0.25) is 10.3 Å². The number of carboxylic acids is 1. The number of H-pyrrole nitrogens is 1. The number of hydrogen-bond donors (Lipinski definition) is 2. The number of alkyl halides is 1. The van der Waals surface area contributed by atoms with Gasteiger partial charge in [-0.05, 0) is 25.1 Å². The molecule has 1 atom stereocenters. The molecule has 1 unspecified atom stereocenters. The van der Waals surface area contributed by atoms with E-state index in [-0.39, 0.29) is 21.7 Å². The van der Waals surface area contributed by atoms with E-state index in [1.165, 1.54) is 29.8 Å². The van der Waals surface area contributed by atoms with Gasteiger partial charge in [0.1, 0.15) is 11.3 Å². The molecule has 0 aliphatic rings. The van der Waals surface area contributed by atoms with Gasteiger partial charge in [0.25, 0.3) is 0 Å². The van der Waals surface area contributed by atoms with E-state index in [0.29, 0.717) is 16.2 Å². The molecule has 0 amide bonds. The monoisotopic (exact) mass is 481 g/mol. The molecule has 0 radical (unpaired) electrons. The zero-order chi connectivity index (χ0) is 22.3. The Kier molecular flexibility index (Phi) is 5.96. The van der Waals surface area contributed by atoms with Crippen LogP contribution in [0.1, 0.15) is 17.3 Å². The quantitative estimate of drug-likeness (QED) is 0.322. The zero-order valence-corrected chi connectivity index (χ0v) is 18.3. The van der Waals surface area contributed by atoms with Crippen molar-refractivity contribution < 1.29 is 18.7 Å². The Hall–Kier alpha value is -2.55. The van der Waals surface area contributed by atoms with E-state index < -0.39 is 23.5 Å². The van der Waals surface area contributed by atoms with Crippen molar-refractivity contribution in [3.8, 4) is 11.3 Å². The first-order chi connectivity index (χ1) is 14.8. The Morgan fingerprint density at radius 1 is 1.26 bits per heavy atom. The number of aromatic amines is 1. The zero-order valence-electron chi connectivity index (χ0n) is 16.0. The Morgan fingerprint density at radius 2 is 2.00 bits per heavy atom. The molecule has 2 heterocycles. The predicted molar refractivity (Wildman–Crippen MR) is 118 cm³/mol. The van der Waals surface area contributed by atoms with Crippen molar-refractivity contribution in [1.29, 1.82) is 0 Å². The first-order valence-corrected chi connectivity index (χ1v) is 10.7. The fraction of sp³-hybridized carbons (Fsp3) is 0.143. The minimum Gasteiger partial charge on any atom is -0.478 e. The third-order valence-electron chi connectivity index (χ3n) is 4.59. The van der Waals surface area contributed by atoms with Crippen LogP contribution in [0.25, 0.3) is 22.2 Å². The fourth-order valence-corrected chi connectivity index (χ4v) is 4.97. The molecule has 0 saturated heterocycles. The van der Waals surface area contributed by atoms with Crippen molar-refractivity contribution in [3.63, 3.8) is 0 Å². The highest BCUT2D eigenvalue weighted by atomic mass is 35.5. The molecule has 2 aromatic carbocycles. The summed E-state index contributed by atoms with van der Waals surface area (Å²) in [6.07, 6.45) is -1.19. The van der Waals surface area contributed by atoms with Crippen molar-refractivity contribution in [2.75, 3.05) is 0 Å². The predicted octanol–water partition coefficient (Wildman–Crippen LogP) is 6.68. The summed E-state index contributed by atoms with van der Waals surface area (Å²) in [5, 5.41) is 14.3. The molecule has 10 heteroatoms. The molecule has 0 saturated carbocycles. The number of rotatable bonds is 6. The lowest BCUT2D eigenvalue weighted by molar-refractivity contribution is 0.0691. The second-order valence-electron chi connectivity index (χ2n) is 6.82. The molecule has 4 rings (SSSR count). The lowest BCUT2D eigenvalue weighted by Gasteiger charge is -2.08. The maximum absolute atomic E-state index is 14.8. The largest absolute Gasteiger partial charge is 0.478 e. The molecule has 0 aliphatic heterocycles. The van der Waals surface area contributed by atoms with Gasteiger partial charge in [-0.15, -0.1) is 0 Å². The maximum Gasteiger partial charge on any atom is 0.338 e. The van der Waals surface area contributed by atoms with Crippen LogP contribution in [0, 0.1) is 5.82 Å². The van der Waals surface area contributed by atoms with E-state index in [0.717, 1.165) is 22.7 Å². The fourth-order valence-electron chi connectivity index (χ4n) is 3.24. The Morgan fingerprint density at radius 3 is 2.71 bits per heavy atom. The molecular formula is C21H15Cl2F2N3O2S. The summed E-state index contributed by atoms with van der Waals surface area (Å²) in [6.45, 7) is 1.31. The molecule has 4 aromatic rings. The standard InChI is InChI=1S/C21H15Cl2F2N3O2S/c1-10(24)9-28-20(23)15(19(22)27-28)17-18(11-5-2-3-7-13(11)26-17)31-14-8-4-6-12(16(14)25)21(29)30/h2-8,10,26H,9H2,1H3,(H,29,30). The van der Waals surface area contributed by atoms with Crippen molar-refractivity contribution in [2.45, 2.75) is 29.4 Å². The second-order valence-corrected chi connectivity index (χ2v) is 8.59. The van der Waals surface area contributed by atoms with E-state index in [2.05, 4.69) is 10.1 Å². The number of nitrogens with one attached hydrogen (secondary N) is 1. The third-order valence-corrected chi connectivity index (χ3v) is 6.40. The maximum atomic E-state index is 14.8. The molecular weight excluding hydrogens is 467 g/mol. The SMILES string of the molecule is CC(F)Cn1nc(Cl)c(-c2[nH]c3ccccc3c2Sc2cccc(C(=O)O)c2F)c1Cl. The number of aromatic carboxylic acids is 1. The lowest BCUT2D eigenvalue weighted by Crippen LogP contribution is -2.09. The summed E-state index contributed by atoms with van der Waals surface area (Å²) in [5.74, 6) is -2.19. The van der Waals surface area contributed by atoms with Crippen molar-refractivity contribution in [3.05, 3.63) is 64.2 Å². The van der Waals surface area contributed by atoms with Gasteiger partial charge in [-0.1, -0.05) is 59.2 Å². The number of hydrogen-bond acceptors (Lipinski definition) is 3. The van der Waals surface area contributed by atoms with E-state index in [9.17, 15) is 18.7 Å². The lowest BCUT2D eigenvalue weighted by atomic mass is 10.2. The molecule has 5 nitrogen and oxygen atoms in total. The van der Waals surface area contributed by atoms with Gasteiger partial charge < -0.3 is 10.1 Å². The van der Waals surface area contributed by atoms with Gasteiger partial charge in [0, 0.05) is 20.7 Å². The summed E-state index contributed by atoms with van der Waals surface area (Å²) in [5.41, 5.74) is 1.16. The number of aromatic nitrogens is 3. The number of carboxylic acid groups (broad SMARTS) is 1. The Labute approximate surface area is 190 Å². The van der Waals surface area contributed by atoms with Crippen molar-refractivity contribution in [1.82, 2.24) is 14.8 Å². The smallest absolute Gasteiger partial charge is 0.338 e. The van der Waals surface area contributed by atoms with E-state index in [1.54, 1.807) is 0 Å². The molecule has 0 aliphatic carbocycles. The average molecular weight is 482 g/mol. The molecule has 0 spiro atoms. The second kappa shape index (κ2) is 8.53. The highest BCUT2D eigenvalue weighted by Crippen LogP contribution is 2.46. The summed E-state index contributed by atoms with van der Waals surface area (Å²) in [7, 11) is 0. The van der Waals surface area contributed by atoms with Crippen LogP contribution in [0.5, 0.6) is 0 Å². The minimum absolute atomic E-state index is 0.0683. The number of benzene rings is 2. The van der Waals surface area contributed by atoms with Crippen LogP contribution in [0.15, 0.2) is 52.3 Å². The third kappa shape index (κ3) is 4.03. The van der Waals surface area contributed by atoms with Gasteiger partial charge in [0.05, 0.1) is 23.4 Å². The average Bonchev–Trinajstić information content (AvgIpc) is 3.19. The summed E-state index contributed by atoms with van der Waals surface area (Å²) >= 11 is 13.9. The first kappa shape index (κ1) is 21.7. The van der Waals surface area contributed by atoms with Crippen LogP contribution in [-0.4, -0.2) is 32.0 Å². The number of fused-ring (bicyclic) bond motifs is 1. The van der Waals surface area contributed by atoms with Crippen molar-refractivity contribution >= 4 is 51.8 Å². The highest BCUT2D eigenvalue weighted by molar-refractivity contribution is 7.99. The Bertz CT molecular complexity index is 1300. The van der Waals surface area contributed by atoms with Gasteiger partial charge in [0.15, 0.2) is 11.0 Å². The van der Waals surface area contributed by atoms with Crippen LogP contribution >= 0.6 is 35.0 Å². The molecule has 2 N–H and O–H groups in total. The van der Waals surface area contributed by atoms with Gasteiger partial charge in [-0.25, -0.2) is 18.3 Å². The molecule has 31 heavy (non-hydrogen) atoms. The van der Waals surface area contributed by atoms with Gasteiger partial charge >= 0.3 is 5.97 Å². The van der Waals surface area contributed by atoms with E-state index in [4.69, 9.17) is 23.2 Å². The number of nitrogens with zero attached hydrogens (tertiary/aromatic N) is 2. The van der Waals surface area contributed by atoms with Gasteiger partial charge in [-0.2, -0.15) is 5.10 Å².